The van der Waals surface area contributed by atoms with Crippen LogP contribution in [0.3, 0.4) is 0 Å². The molecule has 1 aliphatic rings. The number of nitrogens with zero attached hydrogens (tertiary/aromatic N) is 2. The van der Waals surface area contributed by atoms with E-state index in [4.69, 9.17) is 4.52 Å². The number of nitrogens with one attached hydrogen (secondary N) is 1. The number of aryl methyl sites for hydroxylation is 1. The van der Waals surface area contributed by atoms with Crippen LogP contribution >= 0.6 is 0 Å². The minimum Gasteiger partial charge on any atom is -0.361 e. The van der Waals surface area contributed by atoms with Gasteiger partial charge in [0.25, 0.3) is 5.91 Å². The van der Waals surface area contributed by atoms with Crippen LogP contribution in [0.2, 0.25) is 0 Å². The Bertz CT molecular complexity index is 1180. The smallest absolute Gasteiger partial charge is 0.276 e. The molecule has 3 heterocycles. The van der Waals surface area contributed by atoms with E-state index in [9.17, 15) is 9.18 Å². The van der Waals surface area contributed by atoms with Crippen molar-refractivity contribution in [2.45, 2.75) is 19.4 Å². The van der Waals surface area contributed by atoms with Crippen molar-refractivity contribution in [1.82, 2.24) is 15.0 Å². The highest BCUT2D eigenvalue weighted by atomic mass is 19.1. The molecule has 1 amide bonds. The molecule has 5 rings (SSSR count). The van der Waals surface area contributed by atoms with E-state index in [1.165, 1.54) is 17.7 Å². The maximum atomic E-state index is 13.5. The van der Waals surface area contributed by atoms with Crippen molar-refractivity contribution in [2.75, 3.05) is 6.54 Å². The third-order valence-corrected chi connectivity index (χ3v) is 5.33. The maximum absolute atomic E-state index is 13.5. The highest BCUT2D eigenvalue weighted by Gasteiger charge is 2.35. The van der Waals surface area contributed by atoms with Gasteiger partial charge in [-0.2, -0.15) is 0 Å². The molecule has 5 nitrogen and oxygen atoms in total. The lowest BCUT2D eigenvalue weighted by molar-refractivity contribution is 0.0681. The first kappa shape index (κ1) is 16.7. The summed E-state index contributed by atoms with van der Waals surface area (Å²) in [6.45, 7) is 2.30. The van der Waals surface area contributed by atoms with Crippen molar-refractivity contribution in [3.8, 4) is 0 Å². The van der Waals surface area contributed by atoms with Crippen LogP contribution in [0.5, 0.6) is 0 Å². The van der Waals surface area contributed by atoms with Gasteiger partial charge in [0.15, 0.2) is 5.69 Å². The molecule has 0 saturated carbocycles. The Labute approximate surface area is 160 Å². The second-order valence-electron chi connectivity index (χ2n) is 7.09. The molecule has 2 aromatic heterocycles. The summed E-state index contributed by atoms with van der Waals surface area (Å²) < 4.78 is 18.6. The summed E-state index contributed by atoms with van der Waals surface area (Å²) in [5, 5.41) is 5.06. The second kappa shape index (κ2) is 6.34. The average molecular weight is 375 g/mol. The third kappa shape index (κ3) is 2.60. The molecule has 0 saturated heterocycles. The molecule has 28 heavy (non-hydrogen) atoms. The van der Waals surface area contributed by atoms with Crippen LogP contribution < -0.4 is 0 Å². The first-order valence-corrected chi connectivity index (χ1v) is 9.21. The minimum atomic E-state index is -0.346. The summed E-state index contributed by atoms with van der Waals surface area (Å²) in [5.41, 5.74) is 4.33. The van der Waals surface area contributed by atoms with E-state index in [1.54, 1.807) is 30.0 Å². The van der Waals surface area contributed by atoms with Gasteiger partial charge in [-0.05, 0) is 42.7 Å². The van der Waals surface area contributed by atoms with E-state index in [-0.39, 0.29) is 23.5 Å². The zero-order chi connectivity index (χ0) is 19.3. The van der Waals surface area contributed by atoms with Crippen LogP contribution in [0.15, 0.2) is 59.1 Å². The fourth-order valence-corrected chi connectivity index (χ4v) is 4.07. The van der Waals surface area contributed by atoms with Gasteiger partial charge in [0.2, 0.25) is 0 Å². The number of amides is 1. The number of hydrogen-bond acceptors (Lipinski definition) is 3. The Kier molecular flexibility index (Phi) is 3.79. The normalized spacial score (nSPS) is 16.4. The lowest BCUT2D eigenvalue weighted by atomic mass is 9.92. The van der Waals surface area contributed by atoms with Gasteiger partial charge < -0.3 is 14.4 Å². The third-order valence-electron chi connectivity index (χ3n) is 5.33. The van der Waals surface area contributed by atoms with Crippen molar-refractivity contribution in [3.63, 3.8) is 0 Å². The highest BCUT2D eigenvalue weighted by Crippen LogP contribution is 2.39. The number of aromatic amines is 1. The summed E-state index contributed by atoms with van der Waals surface area (Å²) in [5.74, 6) is 0.0851. The maximum Gasteiger partial charge on any atom is 0.276 e. The number of carbonyl (C=O) groups is 1. The van der Waals surface area contributed by atoms with Crippen LogP contribution in [0.4, 0.5) is 4.39 Å². The fraction of sp³-hybridized carbons (Fsp3) is 0.182. The molecule has 4 aromatic rings. The molecule has 1 atom stereocenters. The molecule has 0 bridgehead atoms. The van der Waals surface area contributed by atoms with Crippen molar-refractivity contribution in [3.05, 3.63) is 88.7 Å². The number of hydrogen-bond donors (Lipinski definition) is 1. The zero-order valence-electron chi connectivity index (χ0n) is 15.3. The van der Waals surface area contributed by atoms with Gasteiger partial charge in [-0.3, -0.25) is 4.79 Å². The summed E-state index contributed by atoms with van der Waals surface area (Å²) in [6, 6.07) is 15.7. The molecule has 1 unspecified atom stereocenters. The van der Waals surface area contributed by atoms with Crippen LogP contribution in [0, 0.1) is 12.7 Å². The van der Waals surface area contributed by atoms with Gasteiger partial charge in [-0.15, -0.1) is 0 Å². The predicted octanol–water partition coefficient (Wildman–Crippen LogP) is 4.39. The van der Waals surface area contributed by atoms with Gasteiger partial charge in [0.1, 0.15) is 11.6 Å². The molecule has 1 aliphatic heterocycles. The summed E-state index contributed by atoms with van der Waals surface area (Å²) in [4.78, 5) is 18.5. The van der Waals surface area contributed by atoms with E-state index in [0.29, 0.717) is 12.3 Å². The standard InChI is InChI=1S/C22H18FN3O2/c1-13-12-19(25-28-13)22(27)26-11-10-17-16-4-2-3-5-18(16)24-20(17)21(26)14-6-8-15(23)9-7-14/h2-9,12,21,24H,10-11H2,1H3. The molecular weight excluding hydrogens is 357 g/mol. The number of fused-ring (bicyclic) bond motifs is 3. The molecular formula is C22H18FN3O2. The average Bonchev–Trinajstić information content (AvgIpc) is 3.31. The molecule has 0 aliphatic carbocycles. The molecule has 140 valence electrons. The first-order chi connectivity index (χ1) is 13.6. The van der Waals surface area contributed by atoms with E-state index in [0.717, 1.165) is 28.6 Å². The van der Waals surface area contributed by atoms with Crippen molar-refractivity contribution >= 4 is 16.8 Å². The molecule has 0 radical (unpaired) electrons. The van der Waals surface area contributed by atoms with Gasteiger partial charge in [-0.25, -0.2) is 4.39 Å². The summed E-state index contributed by atoms with van der Waals surface area (Å²) in [7, 11) is 0. The van der Waals surface area contributed by atoms with Crippen molar-refractivity contribution < 1.29 is 13.7 Å². The highest BCUT2D eigenvalue weighted by molar-refractivity contribution is 5.94. The molecule has 0 spiro atoms. The summed E-state index contributed by atoms with van der Waals surface area (Å²) >= 11 is 0. The van der Waals surface area contributed by atoms with Crippen molar-refractivity contribution in [1.29, 1.82) is 0 Å². The number of carbonyl (C=O) groups excluding carboxylic acids is 1. The number of rotatable bonds is 2. The Balaban J connectivity index is 1.67. The number of H-pyrrole nitrogens is 1. The lowest BCUT2D eigenvalue weighted by Crippen LogP contribution is -2.40. The lowest BCUT2D eigenvalue weighted by Gasteiger charge is -2.35. The zero-order valence-corrected chi connectivity index (χ0v) is 15.3. The van der Waals surface area contributed by atoms with Crippen LogP contribution in [0.25, 0.3) is 10.9 Å². The molecule has 6 heteroatoms. The first-order valence-electron chi connectivity index (χ1n) is 9.21. The summed E-state index contributed by atoms with van der Waals surface area (Å²) in [6.07, 6.45) is 0.736. The fourth-order valence-electron chi connectivity index (χ4n) is 4.07. The number of aromatic nitrogens is 2. The van der Waals surface area contributed by atoms with Crippen LogP contribution in [-0.2, 0) is 6.42 Å². The minimum absolute atomic E-state index is 0.199. The predicted molar refractivity (Wildman–Crippen MR) is 103 cm³/mol. The Hall–Kier alpha value is -3.41. The van der Waals surface area contributed by atoms with Gasteiger partial charge in [-0.1, -0.05) is 35.5 Å². The monoisotopic (exact) mass is 375 g/mol. The van der Waals surface area contributed by atoms with Gasteiger partial charge >= 0.3 is 0 Å². The second-order valence-corrected chi connectivity index (χ2v) is 7.09. The Morgan fingerprint density at radius 2 is 2.00 bits per heavy atom. The Morgan fingerprint density at radius 1 is 1.21 bits per heavy atom. The van der Waals surface area contributed by atoms with E-state index in [2.05, 4.69) is 16.2 Å². The van der Waals surface area contributed by atoms with E-state index >= 15 is 0 Å². The number of para-hydroxylation sites is 1. The largest absolute Gasteiger partial charge is 0.361 e. The molecule has 1 N–H and O–H groups in total. The SMILES string of the molecule is Cc1cc(C(=O)N2CCc3c([nH]c4ccccc34)C2c2ccc(F)cc2)no1. The van der Waals surface area contributed by atoms with Crippen LogP contribution in [0.1, 0.15) is 39.1 Å². The number of benzene rings is 2. The quantitative estimate of drug-likeness (QED) is 0.565. The van der Waals surface area contributed by atoms with Gasteiger partial charge in [0, 0.05) is 29.2 Å². The van der Waals surface area contributed by atoms with Gasteiger partial charge in [0.05, 0.1) is 6.04 Å². The van der Waals surface area contributed by atoms with Crippen molar-refractivity contribution in [2.24, 2.45) is 0 Å². The van der Waals surface area contributed by atoms with E-state index < -0.39 is 0 Å². The topological polar surface area (TPSA) is 62.1 Å². The molecule has 2 aromatic carbocycles. The van der Waals surface area contributed by atoms with E-state index in [1.807, 2.05) is 18.2 Å². The number of halogens is 1. The molecule has 0 fully saturated rings. The van der Waals surface area contributed by atoms with Crippen LogP contribution in [-0.4, -0.2) is 27.5 Å². The Morgan fingerprint density at radius 3 is 2.75 bits per heavy atom.